The Kier molecular flexibility index (Phi) is 2.45. The van der Waals surface area contributed by atoms with E-state index >= 15 is 0 Å². The van der Waals surface area contributed by atoms with E-state index < -0.39 is 0 Å². The lowest BCUT2D eigenvalue weighted by molar-refractivity contribution is 0.265. The van der Waals surface area contributed by atoms with Crippen LogP contribution < -0.4 is 0 Å². The Balaban J connectivity index is 2.33. The molecular formula is C7H11N2O+. The second kappa shape index (κ2) is 3.37. The zero-order chi connectivity index (χ0) is 7.40. The highest BCUT2D eigenvalue weighted by Crippen LogP contribution is 2.21. The molecule has 1 N–H and O–H groups in total. The molecule has 0 aliphatic carbocycles. The number of aliphatic imine (C=N–C) groups is 2. The number of hydrogen-bond donors (Lipinski definition) is 1. The van der Waals surface area contributed by atoms with Gasteiger partial charge in [-0.05, 0) is 13.3 Å². The third-order valence-electron chi connectivity index (χ3n) is 1.48. The van der Waals surface area contributed by atoms with Crippen molar-refractivity contribution in [3.8, 4) is 0 Å². The number of rotatable bonds is 3. The monoisotopic (exact) mass is 139 g/mol. The molecule has 0 radical (unpaired) electrons. The zero-order valence-electron chi connectivity index (χ0n) is 5.99. The highest BCUT2D eigenvalue weighted by atomic mass is 16.3. The van der Waals surface area contributed by atoms with Gasteiger partial charge in [0.05, 0.1) is 5.92 Å². The van der Waals surface area contributed by atoms with Crippen molar-refractivity contribution in [3.05, 3.63) is 6.17 Å². The smallest absolute Gasteiger partial charge is 0.243 e. The standard InChI is InChI=1S/C7H11N2O/c1-6(2-5-10)7-8-3-4-9-7/h3-4,6,10H,2,5H2,1H3/q+1. The lowest BCUT2D eigenvalue weighted by atomic mass is 10.1. The summed E-state index contributed by atoms with van der Waals surface area (Å²) in [5, 5.41) is 8.58. The summed E-state index contributed by atoms with van der Waals surface area (Å²) in [6.45, 7) is 2.21. The van der Waals surface area contributed by atoms with Crippen molar-refractivity contribution < 1.29 is 5.11 Å². The average molecular weight is 139 g/mol. The summed E-state index contributed by atoms with van der Waals surface area (Å²) >= 11 is 0. The molecular weight excluding hydrogens is 128 g/mol. The first-order chi connectivity index (χ1) is 4.84. The van der Waals surface area contributed by atoms with Crippen LogP contribution in [0.2, 0.25) is 0 Å². The summed E-state index contributed by atoms with van der Waals surface area (Å²) in [4.78, 5) is 8.03. The molecule has 1 atom stereocenters. The fraction of sp³-hybridized carbons (Fsp3) is 0.571. The van der Waals surface area contributed by atoms with Crippen molar-refractivity contribution in [2.45, 2.75) is 13.3 Å². The number of aliphatic hydroxyl groups excluding tert-OH is 1. The molecule has 54 valence electrons. The first-order valence-electron chi connectivity index (χ1n) is 3.39. The van der Waals surface area contributed by atoms with E-state index in [0.29, 0.717) is 0 Å². The Bertz CT molecular complexity index is 142. The Morgan fingerprint density at radius 2 is 2.10 bits per heavy atom. The van der Waals surface area contributed by atoms with Gasteiger partial charge in [0.2, 0.25) is 6.17 Å². The summed E-state index contributed by atoms with van der Waals surface area (Å²) in [5.74, 6) is 0.278. The van der Waals surface area contributed by atoms with E-state index in [1.54, 1.807) is 12.4 Å². The molecule has 0 aromatic rings. The number of aliphatic hydroxyl groups is 1. The van der Waals surface area contributed by atoms with E-state index in [1.165, 1.54) is 0 Å². The van der Waals surface area contributed by atoms with Gasteiger partial charge in [0.1, 0.15) is 0 Å². The lowest BCUT2D eigenvalue weighted by Gasteiger charge is -2.04. The molecule has 0 saturated carbocycles. The number of nitrogens with zero attached hydrogens (tertiary/aromatic N) is 2. The van der Waals surface area contributed by atoms with Crippen LogP contribution in [0.25, 0.3) is 0 Å². The molecule has 1 heterocycles. The fourth-order valence-corrected chi connectivity index (χ4v) is 0.830. The van der Waals surface area contributed by atoms with Gasteiger partial charge >= 0.3 is 0 Å². The van der Waals surface area contributed by atoms with E-state index in [2.05, 4.69) is 9.98 Å². The molecule has 0 fully saturated rings. The first-order valence-corrected chi connectivity index (χ1v) is 3.39. The maximum atomic E-state index is 8.58. The van der Waals surface area contributed by atoms with Crippen LogP contribution in [0, 0.1) is 12.1 Å². The summed E-state index contributed by atoms with van der Waals surface area (Å²) in [5.41, 5.74) is 0. The van der Waals surface area contributed by atoms with Gasteiger partial charge in [-0.15, -0.1) is 0 Å². The zero-order valence-corrected chi connectivity index (χ0v) is 5.99. The van der Waals surface area contributed by atoms with Crippen LogP contribution in [0.5, 0.6) is 0 Å². The first kappa shape index (κ1) is 7.28. The molecule has 3 heteroatoms. The van der Waals surface area contributed by atoms with Gasteiger partial charge in [0.25, 0.3) is 0 Å². The Morgan fingerprint density at radius 1 is 1.50 bits per heavy atom. The maximum Gasteiger partial charge on any atom is 0.243 e. The van der Waals surface area contributed by atoms with E-state index in [1.807, 2.05) is 6.92 Å². The van der Waals surface area contributed by atoms with E-state index in [0.717, 1.165) is 12.6 Å². The largest absolute Gasteiger partial charge is 0.396 e. The van der Waals surface area contributed by atoms with E-state index in [9.17, 15) is 0 Å². The fourth-order valence-electron chi connectivity index (χ4n) is 0.830. The molecule has 1 aliphatic rings. The predicted octanol–water partition coefficient (Wildman–Crippen LogP) is 0.650. The molecule has 10 heavy (non-hydrogen) atoms. The minimum Gasteiger partial charge on any atom is -0.396 e. The summed E-state index contributed by atoms with van der Waals surface area (Å²) in [6, 6.07) is 0. The van der Waals surface area contributed by atoms with Crippen LogP contribution in [0.3, 0.4) is 0 Å². The van der Waals surface area contributed by atoms with Crippen molar-refractivity contribution >= 4 is 12.4 Å². The number of hydrogen-bond acceptors (Lipinski definition) is 3. The normalized spacial score (nSPS) is 18.4. The van der Waals surface area contributed by atoms with Gasteiger partial charge in [-0.1, -0.05) is 9.98 Å². The van der Waals surface area contributed by atoms with Gasteiger partial charge in [0, 0.05) is 6.61 Å². The molecule has 0 aromatic heterocycles. The van der Waals surface area contributed by atoms with Crippen molar-refractivity contribution in [3.63, 3.8) is 0 Å². The molecule has 0 spiro atoms. The van der Waals surface area contributed by atoms with Gasteiger partial charge < -0.3 is 5.11 Å². The summed E-state index contributed by atoms with van der Waals surface area (Å²) in [7, 11) is 0. The molecule has 1 unspecified atom stereocenters. The predicted molar refractivity (Wildman–Crippen MR) is 41.1 cm³/mol. The van der Waals surface area contributed by atoms with Crippen molar-refractivity contribution in [2.75, 3.05) is 6.61 Å². The lowest BCUT2D eigenvalue weighted by Crippen LogP contribution is -2.04. The van der Waals surface area contributed by atoms with Crippen LogP contribution >= 0.6 is 0 Å². The van der Waals surface area contributed by atoms with Crippen LogP contribution in [0.15, 0.2) is 9.98 Å². The maximum absolute atomic E-state index is 8.58. The molecule has 0 aromatic carbocycles. The summed E-state index contributed by atoms with van der Waals surface area (Å²) in [6.07, 6.45) is 4.91. The van der Waals surface area contributed by atoms with Gasteiger partial charge in [-0.2, -0.15) is 0 Å². The van der Waals surface area contributed by atoms with Gasteiger partial charge in [-0.3, -0.25) is 0 Å². The topological polar surface area (TPSA) is 45.0 Å². The quantitative estimate of drug-likeness (QED) is 0.573. The Morgan fingerprint density at radius 3 is 2.60 bits per heavy atom. The molecule has 1 aliphatic heterocycles. The average Bonchev–Trinajstić information content (AvgIpc) is 2.38. The van der Waals surface area contributed by atoms with Crippen LogP contribution in [0.1, 0.15) is 13.3 Å². The van der Waals surface area contributed by atoms with Crippen molar-refractivity contribution in [1.29, 1.82) is 0 Å². The third kappa shape index (κ3) is 1.57. The van der Waals surface area contributed by atoms with E-state index in [-0.39, 0.29) is 12.5 Å². The molecule has 0 amide bonds. The van der Waals surface area contributed by atoms with Crippen LogP contribution in [-0.4, -0.2) is 24.1 Å². The Labute approximate surface area is 60.5 Å². The van der Waals surface area contributed by atoms with Gasteiger partial charge in [-0.25, -0.2) is 0 Å². The summed E-state index contributed by atoms with van der Waals surface area (Å²) < 4.78 is 0. The van der Waals surface area contributed by atoms with E-state index in [4.69, 9.17) is 5.11 Å². The molecule has 0 bridgehead atoms. The Hall–Kier alpha value is -0.830. The second-order valence-electron chi connectivity index (χ2n) is 2.33. The van der Waals surface area contributed by atoms with Crippen molar-refractivity contribution in [1.82, 2.24) is 0 Å². The van der Waals surface area contributed by atoms with Crippen LogP contribution in [0.4, 0.5) is 0 Å². The minimum absolute atomic E-state index is 0.204. The highest BCUT2D eigenvalue weighted by molar-refractivity contribution is 6.18. The highest BCUT2D eigenvalue weighted by Gasteiger charge is 2.23. The minimum atomic E-state index is 0.204. The van der Waals surface area contributed by atoms with Crippen molar-refractivity contribution in [2.24, 2.45) is 15.9 Å². The molecule has 0 saturated heterocycles. The van der Waals surface area contributed by atoms with Crippen LogP contribution in [-0.2, 0) is 0 Å². The second-order valence-corrected chi connectivity index (χ2v) is 2.33. The SMILES string of the molecule is CC(CCO)[C+]1N=CC=N1. The molecule has 3 nitrogen and oxygen atoms in total. The molecule has 1 rings (SSSR count). The van der Waals surface area contributed by atoms with Gasteiger partial charge in [0.15, 0.2) is 12.4 Å². The third-order valence-corrected chi connectivity index (χ3v) is 1.48.